The zero-order valence-electron chi connectivity index (χ0n) is 16.0. The van der Waals surface area contributed by atoms with E-state index >= 15 is 0 Å². The Kier molecular flexibility index (Phi) is 4.12. The third kappa shape index (κ3) is 3.05. The van der Waals surface area contributed by atoms with Gasteiger partial charge in [-0.3, -0.25) is 9.78 Å². The highest BCUT2D eigenvalue weighted by Gasteiger charge is 2.51. The van der Waals surface area contributed by atoms with Crippen molar-refractivity contribution in [2.24, 2.45) is 0 Å². The molecule has 5 nitrogen and oxygen atoms in total. The summed E-state index contributed by atoms with van der Waals surface area (Å²) in [4.78, 5) is 18.2. The van der Waals surface area contributed by atoms with E-state index in [0.29, 0.717) is 23.3 Å². The molecule has 140 valence electrons. The molecular weight excluding hydrogens is 346 g/mol. The van der Waals surface area contributed by atoms with Crippen LogP contribution in [0.5, 0.6) is 0 Å². The van der Waals surface area contributed by atoms with Crippen LogP contribution >= 0.6 is 0 Å². The number of nitrogens with zero attached hydrogens (tertiary/aromatic N) is 2. The molecule has 27 heavy (non-hydrogen) atoms. The zero-order chi connectivity index (χ0) is 19.4. The lowest BCUT2D eigenvalue weighted by Gasteiger charge is -2.32. The van der Waals surface area contributed by atoms with Crippen LogP contribution < -0.4 is 5.46 Å². The number of hydrogen-bond acceptors (Lipinski definition) is 4. The number of benzene rings is 1. The standard InChI is InChI=1S/C20H22BFN2O3/c1-19(2)20(3,4)27-21(26-19)15-8-7-13(16(22)10-15)11-24-12-14-6-5-9-23-17(14)18(24)25/h5-10H,11-12H2,1-4H3. The molecule has 2 aromatic rings. The molecule has 1 fully saturated rings. The molecule has 1 aromatic carbocycles. The summed E-state index contributed by atoms with van der Waals surface area (Å²) in [7, 11) is -0.611. The quantitative estimate of drug-likeness (QED) is 0.782. The van der Waals surface area contributed by atoms with Crippen LogP contribution in [0.2, 0.25) is 0 Å². The molecule has 0 spiro atoms. The topological polar surface area (TPSA) is 51.7 Å². The minimum absolute atomic E-state index is 0.167. The average Bonchev–Trinajstić information content (AvgIpc) is 3.03. The summed E-state index contributed by atoms with van der Waals surface area (Å²) in [5.74, 6) is -0.543. The van der Waals surface area contributed by atoms with Crippen LogP contribution in [-0.4, -0.2) is 34.1 Å². The molecule has 0 bridgehead atoms. The number of amides is 1. The molecule has 0 atom stereocenters. The molecule has 7 heteroatoms. The number of carbonyl (C=O) groups is 1. The van der Waals surface area contributed by atoms with Gasteiger partial charge in [0.25, 0.3) is 5.91 Å². The first-order valence-corrected chi connectivity index (χ1v) is 9.05. The second kappa shape index (κ2) is 6.14. The zero-order valence-corrected chi connectivity index (χ0v) is 16.0. The Morgan fingerprint density at radius 3 is 2.52 bits per heavy atom. The second-order valence-electron chi connectivity index (χ2n) is 8.11. The van der Waals surface area contributed by atoms with Gasteiger partial charge in [0, 0.05) is 30.4 Å². The number of fused-ring (bicyclic) bond motifs is 1. The van der Waals surface area contributed by atoms with Gasteiger partial charge < -0.3 is 14.2 Å². The van der Waals surface area contributed by atoms with E-state index in [0.717, 1.165) is 5.56 Å². The van der Waals surface area contributed by atoms with E-state index in [1.807, 2.05) is 33.8 Å². The molecule has 0 aliphatic carbocycles. The smallest absolute Gasteiger partial charge is 0.399 e. The molecule has 4 rings (SSSR count). The van der Waals surface area contributed by atoms with Crippen molar-refractivity contribution in [3.8, 4) is 0 Å². The summed E-state index contributed by atoms with van der Waals surface area (Å²) in [5.41, 5.74) is 1.45. The predicted molar refractivity (Wildman–Crippen MR) is 99.9 cm³/mol. The van der Waals surface area contributed by atoms with E-state index < -0.39 is 18.3 Å². The van der Waals surface area contributed by atoms with E-state index in [4.69, 9.17) is 9.31 Å². The molecule has 0 saturated carbocycles. The first-order valence-electron chi connectivity index (χ1n) is 9.05. The van der Waals surface area contributed by atoms with Crippen LogP contribution in [0.25, 0.3) is 0 Å². The summed E-state index contributed by atoms with van der Waals surface area (Å²) >= 11 is 0. The Morgan fingerprint density at radius 2 is 1.89 bits per heavy atom. The summed E-state index contributed by atoms with van der Waals surface area (Å²) in [6, 6.07) is 8.60. The fourth-order valence-corrected chi connectivity index (χ4v) is 3.34. The van der Waals surface area contributed by atoms with Crippen molar-refractivity contribution in [3.05, 3.63) is 59.2 Å². The van der Waals surface area contributed by atoms with Crippen molar-refractivity contribution in [1.29, 1.82) is 0 Å². The van der Waals surface area contributed by atoms with E-state index in [1.54, 1.807) is 29.3 Å². The Bertz CT molecular complexity index is 900. The minimum Gasteiger partial charge on any atom is -0.399 e. The maximum Gasteiger partial charge on any atom is 0.494 e. The normalized spacial score (nSPS) is 20.3. The molecule has 3 heterocycles. The maximum atomic E-state index is 14.7. The van der Waals surface area contributed by atoms with Crippen LogP contribution in [0.3, 0.4) is 0 Å². The lowest BCUT2D eigenvalue weighted by atomic mass is 9.78. The third-order valence-electron chi connectivity index (χ3n) is 5.71. The molecule has 1 saturated heterocycles. The van der Waals surface area contributed by atoms with Gasteiger partial charge in [0.05, 0.1) is 11.2 Å². The van der Waals surface area contributed by atoms with Crippen LogP contribution in [-0.2, 0) is 22.4 Å². The van der Waals surface area contributed by atoms with E-state index in [9.17, 15) is 9.18 Å². The number of pyridine rings is 1. The minimum atomic E-state index is -0.611. The largest absolute Gasteiger partial charge is 0.494 e. The molecule has 1 amide bonds. The van der Waals surface area contributed by atoms with Crippen LogP contribution in [0, 0.1) is 5.82 Å². The van der Waals surface area contributed by atoms with Crippen molar-refractivity contribution >= 4 is 18.5 Å². The molecule has 2 aliphatic heterocycles. The molecule has 0 unspecified atom stereocenters. The Hall–Kier alpha value is -2.25. The number of aromatic nitrogens is 1. The van der Waals surface area contributed by atoms with Gasteiger partial charge in [-0.1, -0.05) is 18.2 Å². The summed E-state index contributed by atoms with van der Waals surface area (Å²) in [6.45, 7) is 8.49. The summed E-state index contributed by atoms with van der Waals surface area (Å²) in [6.07, 6.45) is 1.60. The van der Waals surface area contributed by atoms with Gasteiger partial charge >= 0.3 is 7.12 Å². The van der Waals surface area contributed by atoms with Crippen molar-refractivity contribution in [1.82, 2.24) is 9.88 Å². The van der Waals surface area contributed by atoms with Gasteiger partial charge in [0.15, 0.2) is 0 Å². The van der Waals surface area contributed by atoms with Gasteiger partial charge in [-0.2, -0.15) is 0 Å². The van der Waals surface area contributed by atoms with Crippen LogP contribution in [0.4, 0.5) is 4.39 Å². The fourth-order valence-electron chi connectivity index (χ4n) is 3.34. The van der Waals surface area contributed by atoms with Crippen molar-refractivity contribution in [3.63, 3.8) is 0 Å². The number of carbonyl (C=O) groups excluding carboxylic acids is 1. The van der Waals surface area contributed by atoms with Crippen LogP contribution in [0.1, 0.15) is 49.3 Å². The van der Waals surface area contributed by atoms with Gasteiger partial charge in [0.1, 0.15) is 11.5 Å². The Balaban J connectivity index is 1.52. The number of halogens is 1. The highest BCUT2D eigenvalue weighted by Crippen LogP contribution is 2.36. The highest BCUT2D eigenvalue weighted by atomic mass is 19.1. The van der Waals surface area contributed by atoms with Gasteiger partial charge in [-0.05, 0) is 45.3 Å². The van der Waals surface area contributed by atoms with E-state index in [2.05, 4.69) is 4.98 Å². The maximum absolute atomic E-state index is 14.7. The monoisotopic (exact) mass is 368 g/mol. The summed E-state index contributed by atoms with van der Waals surface area (Å²) < 4.78 is 26.7. The first-order chi connectivity index (χ1) is 12.7. The van der Waals surface area contributed by atoms with Gasteiger partial charge in [0.2, 0.25) is 0 Å². The Labute approximate surface area is 158 Å². The second-order valence-corrected chi connectivity index (χ2v) is 8.11. The van der Waals surface area contributed by atoms with Crippen molar-refractivity contribution in [2.75, 3.05) is 0 Å². The Morgan fingerprint density at radius 1 is 1.19 bits per heavy atom. The lowest BCUT2D eigenvalue weighted by molar-refractivity contribution is 0.00578. The predicted octanol–water partition coefficient (Wildman–Crippen LogP) is 2.68. The molecule has 0 N–H and O–H groups in total. The third-order valence-corrected chi connectivity index (χ3v) is 5.71. The molecular formula is C20H22BFN2O3. The lowest BCUT2D eigenvalue weighted by Crippen LogP contribution is -2.41. The molecule has 0 radical (unpaired) electrons. The van der Waals surface area contributed by atoms with Crippen molar-refractivity contribution < 1.29 is 18.5 Å². The number of rotatable bonds is 3. The van der Waals surface area contributed by atoms with Crippen LogP contribution in [0.15, 0.2) is 36.5 Å². The molecule has 2 aliphatic rings. The van der Waals surface area contributed by atoms with E-state index in [1.165, 1.54) is 6.07 Å². The highest BCUT2D eigenvalue weighted by molar-refractivity contribution is 6.62. The van der Waals surface area contributed by atoms with Crippen molar-refractivity contribution in [2.45, 2.75) is 52.0 Å². The molecule has 1 aromatic heterocycles. The summed E-state index contributed by atoms with van der Waals surface area (Å²) in [5, 5.41) is 0. The number of hydrogen-bond donors (Lipinski definition) is 0. The SMILES string of the molecule is CC1(C)OB(c2ccc(CN3Cc4cccnc4C3=O)c(F)c2)OC1(C)C. The van der Waals surface area contributed by atoms with Gasteiger partial charge in [-0.15, -0.1) is 0 Å². The first kappa shape index (κ1) is 18.1. The van der Waals surface area contributed by atoms with E-state index in [-0.39, 0.29) is 18.3 Å². The average molecular weight is 368 g/mol. The van der Waals surface area contributed by atoms with Gasteiger partial charge in [-0.25, -0.2) is 4.39 Å². The fraction of sp³-hybridized carbons (Fsp3) is 0.400.